The summed E-state index contributed by atoms with van der Waals surface area (Å²) in [7, 11) is 0. The van der Waals surface area contributed by atoms with Crippen molar-refractivity contribution < 1.29 is 9.18 Å². The van der Waals surface area contributed by atoms with Gasteiger partial charge in [-0.25, -0.2) is 4.39 Å². The van der Waals surface area contributed by atoms with E-state index in [9.17, 15) is 9.18 Å². The number of rotatable bonds is 6. The minimum absolute atomic E-state index is 0.0192. The zero-order valence-corrected chi connectivity index (χ0v) is 15.0. The molecule has 2 aromatic carbocycles. The monoisotopic (exact) mass is 347 g/mol. The molecule has 2 nitrogen and oxygen atoms in total. The molecule has 0 heterocycles. The normalized spacial score (nSPS) is 13.6. The Morgan fingerprint density at radius 2 is 1.62 bits per heavy atom. The second-order valence-corrected chi connectivity index (χ2v) is 6.88. The van der Waals surface area contributed by atoms with Crippen molar-refractivity contribution in [1.82, 2.24) is 5.32 Å². The summed E-state index contributed by atoms with van der Waals surface area (Å²) in [6, 6.07) is 14.1. The molecule has 0 aliphatic carbocycles. The number of nitrogens with one attached hydrogen (secondary N) is 1. The topological polar surface area (TPSA) is 29.1 Å². The Morgan fingerprint density at radius 3 is 2.17 bits per heavy atom. The van der Waals surface area contributed by atoms with Crippen LogP contribution in [0.1, 0.15) is 37.8 Å². The number of halogens is 2. The molecular formula is C20H23ClFNO. The van der Waals surface area contributed by atoms with Crippen molar-refractivity contribution in [1.29, 1.82) is 0 Å². The molecule has 0 spiro atoms. The van der Waals surface area contributed by atoms with E-state index in [0.717, 1.165) is 17.5 Å². The highest BCUT2D eigenvalue weighted by Crippen LogP contribution is 2.26. The summed E-state index contributed by atoms with van der Waals surface area (Å²) in [5, 5.41) is 3.76. The average molecular weight is 348 g/mol. The number of carbonyl (C=O) groups excluding carboxylic acids is 1. The zero-order chi connectivity index (χ0) is 17.7. The van der Waals surface area contributed by atoms with E-state index in [2.05, 4.69) is 5.32 Å². The molecule has 1 amide bonds. The summed E-state index contributed by atoms with van der Waals surface area (Å²) < 4.78 is 13.3. The first-order valence-electron chi connectivity index (χ1n) is 8.17. The van der Waals surface area contributed by atoms with E-state index < -0.39 is 0 Å². The van der Waals surface area contributed by atoms with Gasteiger partial charge in [-0.3, -0.25) is 4.79 Å². The van der Waals surface area contributed by atoms with Crippen molar-refractivity contribution >= 4 is 17.5 Å². The molecule has 2 rings (SSSR count). The number of benzene rings is 2. The molecule has 1 N–H and O–H groups in total. The highest BCUT2D eigenvalue weighted by atomic mass is 35.5. The van der Waals surface area contributed by atoms with E-state index in [1.54, 1.807) is 12.1 Å². The van der Waals surface area contributed by atoms with Gasteiger partial charge in [0.2, 0.25) is 5.91 Å². The van der Waals surface area contributed by atoms with Crippen molar-refractivity contribution in [3.63, 3.8) is 0 Å². The second kappa shape index (κ2) is 8.29. The standard InChI is InChI=1S/C20H23ClFNO/c1-13(2)20(24)23-14(3)19(16-6-10-18(22)11-7-16)12-15-4-8-17(21)9-5-15/h4-11,13-14,19H,12H2,1-3H3,(H,23,24). The third kappa shape index (κ3) is 5.07. The molecule has 0 aliphatic heterocycles. The van der Waals surface area contributed by atoms with Crippen LogP contribution in [-0.2, 0) is 11.2 Å². The van der Waals surface area contributed by atoms with Gasteiger partial charge in [-0.1, -0.05) is 49.7 Å². The molecular weight excluding hydrogens is 325 g/mol. The fourth-order valence-corrected chi connectivity index (χ4v) is 2.79. The first-order chi connectivity index (χ1) is 11.4. The third-order valence-electron chi connectivity index (χ3n) is 4.16. The first kappa shape index (κ1) is 18.5. The van der Waals surface area contributed by atoms with Crippen molar-refractivity contribution in [2.75, 3.05) is 0 Å². The predicted molar refractivity (Wildman–Crippen MR) is 96.7 cm³/mol. The Kier molecular flexibility index (Phi) is 6.38. The summed E-state index contributed by atoms with van der Waals surface area (Å²) in [6.07, 6.45) is 0.738. The van der Waals surface area contributed by atoms with Gasteiger partial charge in [0.25, 0.3) is 0 Å². The molecule has 0 aromatic heterocycles. The van der Waals surface area contributed by atoms with E-state index in [4.69, 9.17) is 11.6 Å². The predicted octanol–water partition coefficient (Wildman–Crippen LogP) is 4.97. The highest BCUT2D eigenvalue weighted by Gasteiger charge is 2.22. The van der Waals surface area contributed by atoms with E-state index >= 15 is 0 Å². The van der Waals surface area contributed by atoms with Crippen LogP contribution in [-0.4, -0.2) is 11.9 Å². The number of hydrogen-bond acceptors (Lipinski definition) is 1. The Hall–Kier alpha value is -1.87. The van der Waals surface area contributed by atoms with Crippen LogP contribution in [0.3, 0.4) is 0 Å². The molecule has 24 heavy (non-hydrogen) atoms. The zero-order valence-electron chi connectivity index (χ0n) is 14.2. The smallest absolute Gasteiger partial charge is 0.222 e. The maximum Gasteiger partial charge on any atom is 0.222 e. The molecule has 0 aliphatic rings. The molecule has 128 valence electrons. The summed E-state index contributed by atoms with van der Waals surface area (Å²) in [4.78, 5) is 12.1. The third-order valence-corrected chi connectivity index (χ3v) is 4.42. The lowest BCUT2D eigenvalue weighted by Crippen LogP contribution is -2.40. The molecule has 4 heteroatoms. The van der Waals surface area contributed by atoms with Gasteiger partial charge in [-0.15, -0.1) is 0 Å². The molecule has 0 saturated heterocycles. The summed E-state index contributed by atoms with van der Waals surface area (Å²) in [5.74, 6) is -0.264. The van der Waals surface area contributed by atoms with Crippen LogP contribution < -0.4 is 5.32 Å². The van der Waals surface area contributed by atoms with Crippen LogP contribution in [0.15, 0.2) is 48.5 Å². The lowest BCUT2D eigenvalue weighted by Gasteiger charge is -2.26. The number of amides is 1. The van der Waals surface area contributed by atoms with Crippen molar-refractivity contribution in [2.24, 2.45) is 5.92 Å². The Balaban J connectivity index is 2.24. The molecule has 0 saturated carbocycles. The first-order valence-corrected chi connectivity index (χ1v) is 8.55. The molecule has 2 aromatic rings. The van der Waals surface area contributed by atoms with Crippen LogP contribution in [0.5, 0.6) is 0 Å². The van der Waals surface area contributed by atoms with Gasteiger partial charge in [-0.05, 0) is 48.7 Å². The van der Waals surface area contributed by atoms with Gasteiger partial charge >= 0.3 is 0 Å². The lowest BCUT2D eigenvalue weighted by molar-refractivity contribution is -0.124. The van der Waals surface area contributed by atoms with Gasteiger partial charge in [0.15, 0.2) is 0 Å². The minimum atomic E-state index is -0.261. The molecule has 2 atom stereocenters. The quantitative estimate of drug-likeness (QED) is 0.785. The van der Waals surface area contributed by atoms with E-state index in [1.165, 1.54) is 12.1 Å². The summed E-state index contributed by atoms with van der Waals surface area (Å²) >= 11 is 5.95. The largest absolute Gasteiger partial charge is 0.353 e. The van der Waals surface area contributed by atoms with Gasteiger partial charge in [0.05, 0.1) is 0 Å². The van der Waals surface area contributed by atoms with Crippen LogP contribution in [0.2, 0.25) is 5.02 Å². The average Bonchev–Trinajstić information content (AvgIpc) is 2.55. The van der Waals surface area contributed by atoms with Crippen molar-refractivity contribution in [3.8, 4) is 0 Å². The summed E-state index contributed by atoms with van der Waals surface area (Å²) in [5.41, 5.74) is 2.13. The highest BCUT2D eigenvalue weighted by molar-refractivity contribution is 6.30. The van der Waals surface area contributed by atoms with E-state index in [1.807, 2.05) is 45.0 Å². The van der Waals surface area contributed by atoms with Crippen molar-refractivity contribution in [2.45, 2.75) is 39.2 Å². The fraction of sp³-hybridized carbons (Fsp3) is 0.350. The maximum atomic E-state index is 13.3. The minimum Gasteiger partial charge on any atom is -0.353 e. The number of hydrogen-bond donors (Lipinski definition) is 1. The van der Waals surface area contributed by atoms with E-state index in [0.29, 0.717) is 5.02 Å². The SMILES string of the molecule is CC(C)C(=O)NC(C)C(Cc1ccc(Cl)cc1)c1ccc(F)cc1. The van der Waals surface area contributed by atoms with Crippen molar-refractivity contribution in [3.05, 3.63) is 70.5 Å². The van der Waals surface area contributed by atoms with Gasteiger partial charge in [0.1, 0.15) is 5.82 Å². The Morgan fingerprint density at radius 1 is 1.04 bits per heavy atom. The van der Waals surface area contributed by atoms with Crippen LogP contribution in [0.25, 0.3) is 0 Å². The second-order valence-electron chi connectivity index (χ2n) is 6.44. The Bertz CT molecular complexity index is 667. The Labute approximate surface area is 148 Å². The van der Waals surface area contributed by atoms with Crippen LogP contribution in [0, 0.1) is 11.7 Å². The molecule has 0 bridgehead atoms. The molecule has 0 radical (unpaired) electrons. The van der Waals surface area contributed by atoms with Gasteiger partial charge in [0, 0.05) is 22.9 Å². The van der Waals surface area contributed by atoms with Gasteiger partial charge < -0.3 is 5.32 Å². The molecule has 0 fully saturated rings. The van der Waals surface area contributed by atoms with Crippen LogP contribution in [0.4, 0.5) is 4.39 Å². The van der Waals surface area contributed by atoms with Crippen LogP contribution >= 0.6 is 11.6 Å². The summed E-state index contributed by atoms with van der Waals surface area (Å²) in [6.45, 7) is 5.73. The number of carbonyl (C=O) groups is 1. The van der Waals surface area contributed by atoms with E-state index in [-0.39, 0.29) is 29.6 Å². The maximum absolute atomic E-state index is 13.3. The molecule has 2 unspecified atom stereocenters. The fourth-order valence-electron chi connectivity index (χ4n) is 2.66. The van der Waals surface area contributed by atoms with Gasteiger partial charge in [-0.2, -0.15) is 0 Å². The lowest BCUT2D eigenvalue weighted by atomic mass is 9.86.